The zero-order valence-corrected chi connectivity index (χ0v) is 20.1. The fourth-order valence-electron chi connectivity index (χ4n) is 5.86. The fourth-order valence-corrected chi connectivity index (χ4v) is 38.0. The average Bonchev–Trinajstić information content (AvgIpc) is 2.76. The monoisotopic (exact) mass is 408 g/mol. The normalized spacial score (nSPS) is 47.1. The van der Waals surface area contributed by atoms with Crippen LogP contribution in [0.15, 0.2) is 10.6 Å². The van der Waals surface area contributed by atoms with Gasteiger partial charge in [-0.15, -0.1) is 11.4 Å². The zero-order valence-electron chi connectivity index (χ0n) is 16.6. The Morgan fingerprint density at radius 3 is 1.32 bits per heavy atom. The first-order valence-corrected chi connectivity index (χ1v) is 14.3. The summed E-state index contributed by atoms with van der Waals surface area (Å²) in [6, 6.07) is 5.14. The smallest absolute Gasteiger partial charge is 0.101 e. The van der Waals surface area contributed by atoms with Crippen LogP contribution in [-0.4, -0.2) is 14.0 Å². The number of hydrogen-bond acceptors (Lipinski definition) is 3. The molecule has 0 aliphatic carbocycles. The van der Waals surface area contributed by atoms with Gasteiger partial charge in [-0.05, 0) is 39.2 Å². The molecule has 6 atom stereocenters. The summed E-state index contributed by atoms with van der Waals surface area (Å²) in [5.41, 5.74) is 0.516. The highest BCUT2D eigenvalue weighted by atomic mass is 32.7. The third-order valence-electron chi connectivity index (χ3n) is 6.45. The van der Waals surface area contributed by atoms with Crippen LogP contribution in [0.2, 0.25) is 0 Å². The van der Waals surface area contributed by atoms with E-state index in [2.05, 4.69) is 85.8 Å². The largest absolute Gasteiger partial charge is 0.192 e. The zero-order chi connectivity index (χ0) is 19.0. The van der Waals surface area contributed by atoms with Crippen molar-refractivity contribution in [2.75, 3.05) is 0 Å². The Balaban J connectivity index is 2.13. The summed E-state index contributed by atoms with van der Waals surface area (Å²) < 4.78 is 0.153. The molecule has 4 saturated heterocycles. The number of allylic oxidation sites excluding steroid dienone is 2. The van der Waals surface area contributed by atoms with Crippen molar-refractivity contribution in [3.05, 3.63) is 10.6 Å². The summed E-state index contributed by atoms with van der Waals surface area (Å²) in [5, 5.41) is 22.0. The predicted molar refractivity (Wildman–Crippen MR) is 113 cm³/mol. The highest BCUT2D eigenvalue weighted by molar-refractivity contribution is 8.72. The van der Waals surface area contributed by atoms with Gasteiger partial charge in [0.2, 0.25) is 0 Å². The molecular formula is C19H27N2P3S. The van der Waals surface area contributed by atoms with Gasteiger partial charge >= 0.3 is 0 Å². The Bertz CT molecular complexity index is 758. The van der Waals surface area contributed by atoms with E-state index < -0.39 is 15.8 Å². The molecule has 0 aromatic rings. The SMILES string of the molecule is CC(C)(C)C12SP3[C@]4(C(C)(C)C)P1C(C#N)=C(C#N)P2[C@]34C(C)(C)C. The Morgan fingerprint density at radius 1 is 0.720 bits per heavy atom. The first-order valence-electron chi connectivity index (χ1n) is 8.87. The Kier molecular flexibility index (Phi) is 3.37. The fraction of sp³-hybridized carbons (Fsp3) is 0.789. The standard InChI is InChI=1S/C19H27N2P3S/c1-14(2,3)17-18(15(4,5)6)23-13(11-21)12(10-20)22(17)19(23,16(7,8)9)25-24(17)18/h1-9H3/t17-,18+,19?,22?,23?,24?. The van der Waals surface area contributed by atoms with Crippen LogP contribution in [-0.2, 0) is 0 Å². The van der Waals surface area contributed by atoms with Crippen molar-refractivity contribution in [1.29, 1.82) is 10.5 Å². The van der Waals surface area contributed by atoms with E-state index in [1.165, 1.54) is 0 Å². The molecule has 25 heavy (non-hydrogen) atoms. The van der Waals surface area contributed by atoms with Crippen LogP contribution in [0.1, 0.15) is 62.3 Å². The second kappa shape index (κ2) is 4.50. The van der Waals surface area contributed by atoms with Gasteiger partial charge in [-0.2, -0.15) is 10.5 Å². The van der Waals surface area contributed by atoms with E-state index >= 15 is 0 Å². The minimum atomic E-state index is -0.593. The van der Waals surface area contributed by atoms with Gasteiger partial charge in [0.05, 0.1) is 14.9 Å². The predicted octanol–water partition coefficient (Wildman–Crippen LogP) is 7.58. The van der Waals surface area contributed by atoms with Crippen molar-refractivity contribution < 1.29 is 0 Å². The lowest BCUT2D eigenvalue weighted by Crippen LogP contribution is -2.41. The van der Waals surface area contributed by atoms with Crippen LogP contribution >= 0.6 is 34.3 Å². The van der Waals surface area contributed by atoms with E-state index in [0.29, 0.717) is 0 Å². The summed E-state index contributed by atoms with van der Waals surface area (Å²) in [5.74, 6) is 0. The van der Waals surface area contributed by atoms with E-state index in [0.717, 1.165) is 10.6 Å². The molecule has 0 radical (unpaired) electrons. The third-order valence-corrected chi connectivity index (χ3v) is 28.5. The van der Waals surface area contributed by atoms with Crippen molar-refractivity contribution in [2.45, 2.75) is 76.3 Å². The molecule has 6 bridgehead atoms. The molecule has 4 unspecified atom stereocenters. The van der Waals surface area contributed by atoms with E-state index in [9.17, 15) is 10.5 Å². The van der Waals surface area contributed by atoms with Gasteiger partial charge in [0.15, 0.2) is 0 Å². The van der Waals surface area contributed by atoms with Crippen molar-refractivity contribution in [3.63, 3.8) is 0 Å². The van der Waals surface area contributed by atoms with E-state index in [1.54, 1.807) is 0 Å². The van der Waals surface area contributed by atoms with Crippen molar-refractivity contribution in [2.24, 2.45) is 16.2 Å². The third kappa shape index (κ3) is 1.46. The lowest BCUT2D eigenvalue weighted by Gasteiger charge is -2.43. The van der Waals surface area contributed by atoms with Crippen LogP contribution < -0.4 is 0 Å². The maximum Gasteiger partial charge on any atom is 0.101 e. The van der Waals surface area contributed by atoms with Gasteiger partial charge in [0.25, 0.3) is 0 Å². The average molecular weight is 408 g/mol. The molecule has 6 heteroatoms. The summed E-state index contributed by atoms with van der Waals surface area (Å²) >= 11 is 2.27. The summed E-state index contributed by atoms with van der Waals surface area (Å²) in [7, 11) is -1.38. The molecule has 0 amide bonds. The van der Waals surface area contributed by atoms with E-state index in [4.69, 9.17) is 0 Å². The molecule has 0 aromatic carbocycles. The second-order valence-electron chi connectivity index (χ2n) is 10.7. The molecule has 134 valence electrons. The van der Waals surface area contributed by atoms with Gasteiger partial charge in [-0.1, -0.05) is 62.3 Å². The van der Waals surface area contributed by atoms with Crippen molar-refractivity contribution in [3.8, 4) is 12.1 Å². The minimum Gasteiger partial charge on any atom is -0.192 e. The summed E-state index contributed by atoms with van der Waals surface area (Å²) in [6.45, 7) is 21.6. The summed E-state index contributed by atoms with van der Waals surface area (Å²) in [6.07, 6.45) is 0. The van der Waals surface area contributed by atoms with E-state index in [1.807, 2.05) is 0 Å². The topological polar surface area (TPSA) is 47.6 Å². The van der Waals surface area contributed by atoms with Gasteiger partial charge in [-0.25, -0.2) is 0 Å². The van der Waals surface area contributed by atoms with Crippen LogP contribution in [0.4, 0.5) is 0 Å². The van der Waals surface area contributed by atoms with Crippen LogP contribution in [0.25, 0.3) is 0 Å². The van der Waals surface area contributed by atoms with Gasteiger partial charge in [-0.3, -0.25) is 0 Å². The molecule has 5 heterocycles. The van der Waals surface area contributed by atoms with Gasteiger partial charge in [0.1, 0.15) is 12.1 Å². The van der Waals surface area contributed by atoms with Crippen LogP contribution in [0.5, 0.6) is 0 Å². The molecule has 5 aliphatic heterocycles. The van der Waals surface area contributed by atoms with Gasteiger partial charge in [0, 0.05) is 9.79 Å². The molecule has 5 aliphatic rings. The summed E-state index contributed by atoms with van der Waals surface area (Å²) in [4.78, 5) is 0.579. The number of rotatable bonds is 0. The van der Waals surface area contributed by atoms with Crippen molar-refractivity contribution >= 4 is 34.3 Å². The maximum absolute atomic E-state index is 10.1. The molecule has 0 saturated carbocycles. The Morgan fingerprint density at radius 2 is 1.08 bits per heavy atom. The van der Waals surface area contributed by atoms with Crippen molar-refractivity contribution in [1.82, 2.24) is 0 Å². The minimum absolute atomic E-state index is 0.132. The quantitative estimate of drug-likeness (QED) is 0.388. The van der Waals surface area contributed by atoms with Gasteiger partial charge < -0.3 is 0 Å². The first kappa shape index (κ1) is 18.7. The first-order chi connectivity index (χ1) is 11.2. The Labute approximate surface area is 160 Å². The molecular weight excluding hydrogens is 381 g/mol. The number of hydrogen-bond donors (Lipinski definition) is 0. The Hall–Kier alpha value is 0.360. The van der Waals surface area contributed by atoms with Crippen LogP contribution in [0.3, 0.4) is 0 Å². The highest BCUT2D eigenvalue weighted by Gasteiger charge is 3.05. The molecule has 0 spiro atoms. The lowest BCUT2D eigenvalue weighted by molar-refractivity contribution is 0.294. The lowest BCUT2D eigenvalue weighted by atomic mass is 9.80. The molecule has 0 aromatic heterocycles. The maximum atomic E-state index is 10.1. The molecule has 2 nitrogen and oxygen atoms in total. The highest BCUT2D eigenvalue weighted by Crippen LogP contribution is 3.31. The molecule has 0 N–H and O–H groups in total. The van der Waals surface area contributed by atoms with Crippen LogP contribution in [0, 0.1) is 38.9 Å². The molecule has 5 rings (SSSR count). The number of nitrogens with zero attached hydrogens (tertiary/aromatic N) is 2. The molecule has 4 fully saturated rings. The second-order valence-corrected chi connectivity index (χ2v) is 21.6. The van der Waals surface area contributed by atoms with E-state index in [-0.39, 0.29) is 37.4 Å². The number of nitriles is 2.